The van der Waals surface area contributed by atoms with Gasteiger partial charge in [-0.3, -0.25) is 9.36 Å². The standard InChI is InChI=1S/C7H15O5P/c1-5(2)6(7(8)9)3-4-13(10,11)12/h5-6H,3-4H2,1-2H3,(H,8,9)(H2,10,11,12). The topological polar surface area (TPSA) is 94.8 Å². The Kier molecular flexibility index (Phi) is 4.61. The molecule has 6 heteroatoms. The summed E-state index contributed by atoms with van der Waals surface area (Å²) in [6, 6.07) is 0. The second kappa shape index (κ2) is 4.74. The van der Waals surface area contributed by atoms with Gasteiger partial charge in [-0.15, -0.1) is 0 Å². The van der Waals surface area contributed by atoms with Crippen LogP contribution in [0.3, 0.4) is 0 Å². The third-order valence-electron chi connectivity index (χ3n) is 1.85. The van der Waals surface area contributed by atoms with E-state index in [-0.39, 0.29) is 18.5 Å². The fourth-order valence-electron chi connectivity index (χ4n) is 1.05. The summed E-state index contributed by atoms with van der Waals surface area (Å²) in [6.07, 6.45) is -0.334. The zero-order chi connectivity index (χ0) is 10.6. The molecule has 0 heterocycles. The fraction of sp³-hybridized carbons (Fsp3) is 0.857. The number of hydrogen-bond donors (Lipinski definition) is 3. The van der Waals surface area contributed by atoms with Crippen LogP contribution in [0.5, 0.6) is 0 Å². The maximum absolute atomic E-state index is 10.6. The van der Waals surface area contributed by atoms with E-state index in [4.69, 9.17) is 14.9 Å². The summed E-state index contributed by atoms with van der Waals surface area (Å²) in [5.74, 6) is -1.78. The lowest BCUT2D eigenvalue weighted by Gasteiger charge is -2.15. The van der Waals surface area contributed by atoms with Gasteiger partial charge in [-0.1, -0.05) is 13.8 Å². The van der Waals surface area contributed by atoms with Crippen molar-refractivity contribution in [3.8, 4) is 0 Å². The first-order valence-electron chi connectivity index (χ1n) is 4.01. The van der Waals surface area contributed by atoms with Gasteiger partial charge in [0, 0.05) is 0 Å². The lowest BCUT2D eigenvalue weighted by atomic mass is 9.94. The maximum atomic E-state index is 10.6. The molecule has 0 aliphatic rings. The smallest absolute Gasteiger partial charge is 0.325 e. The Morgan fingerprint density at radius 3 is 2.08 bits per heavy atom. The maximum Gasteiger partial charge on any atom is 0.325 e. The molecule has 0 aromatic rings. The normalized spacial score (nSPS) is 14.5. The third kappa shape index (κ3) is 5.80. The van der Waals surface area contributed by atoms with Crippen molar-refractivity contribution >= 4 is 13.6 Å². The molecule has 0 amide bonds. The molecular formula is C7H15O5P. The number of hydrogen-bond acceptors (Lipinski definition) is 2. The Morgan fingerprint density at radius 1 is 1.38 bits per heavy atom. The first-order chi connectivity index (χ1) is 5.74. The second-order valence-corrected chi connectivity index (χ2v) is 5.14. The summed E-state index contributed by atoms with van der Waals surface area (Å²) in [6.45, 7) is 3.44. The van der Waals surface area contributed by atoms with Crippen molar-refractivity contribution in [3.63, 3.8) is 0 Å². The van der Waals surface area contributed by atoms with Gasteiger partial charge in [-0.2, -0.15) is 0 Å². The fourth-order valence-corrected chi connectivity index (χ4v) is 1.66. The predicted molar refractivity (Wildman–Crippen MR) is 47.5 cm³/mol. The number of aliphatic carboxylic acids is 1. The summed E-state index contributed by atoms with van der Waals surface area (Å²) < 4.78 is 10.5. The van der Waals surface area contributed by atoms with Gasteiger partial charge in [0.25, 0.3) is 0 Å². The average molecular weight is 210 g/mol. The minimum atomic E-state index is -4.06. The Labute approximate surface area is 76.9 Å². The number of carboxylic acid groups (broad SMARTS) is 1. The van der Waals surface area contributed by atoms with E-state index >= 15 is 0 Å². The Balaban J connectivity index is 4.14. The molecule has 0 aromatic carbocycles. The van der Waals surface area contributed by atoms with Crippen LogP contribution in [0.4, 0.5) is 0 Å². The molecule has 1 unspecified atom stereocenters. The molecule has 13 heavy (non-hydrogen) atoms. The van der Waals surface area contributed by atoms with E-state index in [1.807, 2.05) is 0 Å². The first-order valence-corrected chi connectivity index (χ1v) is 5.81. The molecule has 0 saturated carbocycles. The van der Waals surface area contributed by atoms with Crippen molar-refractivity contribution in [3.05, 3.63) is 0 Å². The summed E-state index contributed by atoms with van der Waals surface area (Å²) in [5, 5.41) is 8.69. The molecule has 1 atom stereocenters. The van der Waals surface area contributed by atoms with E-state index in [9.17, 15) is 9.36 Å². The van der Waals surface area contributed by atoms with Crippen LogP contribution in [-0.2, 0) is 9.36 Å². The van der Waals surface area contributed by atoms with Gasteiger partial charge in [-0.05, 0) is 12.3 Å². The van der Waals surface area contributed by atoms with Crippen LogP contribution in [0.25, 0.3) is 0 Å². The van der Waals surface area contributed by atoms with Crippen molar-refractivity contribution in [2.75, 3.05) is 6.16 Å². The highest BCUT2D eigenvalue weighted by molar-refractivity contribution is 7.51. The van der Waals surface area contributed by atoms with Crippen LogP contribution in [-0.4, -0.2) is 27.0 Å². The van der Waals surface area contributed by atoms with E-state index < -0.39 is 19.5 Å². The van der Waals surface area contributed by atoms with Crippen LogP contribution < -0.4 is 0 Å². The first kappa shape index (κ1) is 12.6. The van der Waals surface area contributed by atoms with Crippen molar-refractivity contribution < 1.29 is 24.3 Å². The summed E-state index contributed by atoms with van der Waals surface area (Å²) in [4.78, 5) is 27.7. The Hall–Kier alpha value is -0.380. The van der Waals surface area contributed by atoms with E-state index in [1.54, 1.807) is 13.8 Å². The molecule has 0 fully saturated rings. The van der Waals surface area contributed by atoms with Crippen molar-refractivity contribution in [2.24, 2.45) is 11.8 Å². The minimum absolute atomic E-state index is 0.0251. The van der Waals surface area contributed by atoms with Gasteiger partial charge >= 0.3 is 13.6 Å². The molecule has 0 aliphatic heterocycles. The van der Waals surface area contributed by atoms with Gasteiger partial charge in [0.05, 0.1) is 12.1 Å². The van der Waals surface area contributed by atoms with Gasteiger partial charge in [0.15, 0.2) is 0 Å². The second-order valence-electron chi connectivity index (χ2n) is 3.37. The van der Waals surface area contributed by atoms with Crippen LogP contribution in [0.15, 0.2) is 0 Å². The Morgan fingerprint density at radius 2 is 1.85 bits per heavy atom. The molecule has 0 rings (SSSR count). The monoisotopic (exact) mass is 210 g/mol. The van der Waals surface area contributed by atoms with E-state index in [2.05, 4.69) is 0 Å². The average Bonchev–Trinajstić information content (AvgIpc) is 1.82. The van der Waals surface area contributed by atoms with Gasteiger partial charge < -0.3 is 14.9 Å². The molecule has 0 spiro atoms. The van der Waals surface area contributed by atoms with Crippen molar-refractivity contribution in [2.45, 2.75) is 20.3 Å². The molecule has 5 nitrogen and oxygen atoms in total. The van der Waals surface area contributed by atoms with Gasteiger partial charge in [0.2, 0.25) is 0 Å². The molecule has 0 aromatic heterocycles. The predicted octanol–water partition coefficient (Wildman–Crippen LogP) is 0.911. The highest BCUT2D eigenvalue weighted by Gasteiger charge is 2.24. The van der Waals surface area contributed by atoms with Gasteiger partial charge in [0.1, 0.15) is 0 Å². The molecule has 78 valence electrons. The Bertz CT molecular complexity index is 219. The van der Waals surface area contributed by atoms with E-state index in [1.165, 1.54) is 0 Å². The lowest BCUT2D eigenvalue weighted by Crippen LogP contribution is -2.20. The van der Waals surface area contributed by atoms with E-state index in [0.29, 0.717) is 0 Å². The summed E-state index contributed by atoms with van der Waals surface area (Å²) in [7, 11) is -4.06. The lowest BCUT2D eigenvalue weighted by molar-refractivity contribution is -0.143. The number of carboxylic acids is 1. The van der Waals surface area contributed by atoms with Crippen LogP contribution in [0.2, 0.25) is 0 Å². The van der Waals surface area contributed by atoms with Crippen molar-refractivity contribution in [1.29, 1.82) is 0 Å². The van der Waals surface area contributed by atoms with Crippen molar-refractivity contribution in [1.82, 2.24) is 0 Å². The number of carbonyl (C=O) groups is 1. The molecule has 0 radical (unpaired) electrons. The SMILES string of the molecule is CC(C)C(CCP(=O)(O)O)C(=O)O. The quantitative estimate of drug-likeness (QED) is 0.586. The molecule has 0 saturated heterocycles. The molecule has 3 N–H and O–H groups in total. The van der Waals surface area contributed by atoms with Gasteiger partial charge in [-0.25, -0.2) is 0 Å². The minimum Gasteiger partial charge on any atom is -0.481 e. The molecule has 0 bridgehead atoms. The summed E-state index contributed by atoms with van der Waals surface area (Å²) >= 11 is 0. The van der Waals surface area contributed by atoms with Crippen LogP contribution >= 0.6 is 7.60 Å². The van der Waals surface area contributed by atoms with Crippen LogP contribution in [0.1, 0.15) is 20.3 Å². The highest BCUT2D eigenvalue weighted by atomic mass is 31.2. The van der Waals surface area contributed by atoms with Crippen LogP contribution in [0, 0.1) is 11.8 Å². The largest absolute Gasteiger partial charge is 0.481 e. The molecule has 0 aliphatic carbocycles. The zero-order valence-corrected chi connectivity index (χ0v) is 8.57. The third-order valence-corrected chi connectivity index (χ3v) is 2.69. The highest BCUT2D eigenvalue weighted by Crippen LogP contribution is 2.37. The number of rotatable bonds is 5. The van der Waals surface area contributed by atoms with E-state index in [0.717, 1.165) is 0 Å². The summed E-state index contributed by atoms with van der Waals surface area (Å²) in [5.41, 5.74) is 0. The molecular weight excluding hydrogens is 195 g/mol. The zero-order valence-electron chi connectivity index (χ0n) is 7.67.